The first-order valence-corrected chi connectivity index (χ1v) is 13.4. The van der Waals surface area contributed by atoms with Crippen LogP contribution in [0.3, 0.4) is 0 Å². The van der Waals surface area contributed by atoms with Crippen molar-refractivity contribution in [3.05, 3.63) is 41.9 Å². The van der Waals surface area contributed by atoms with Crippen LogP contribution in [0.2, 0.25) is 0 Å². The van der Waals surface area contributed by atoms with Gasteiger partial charge in [0.2, 0.25) is 5.91 Å². The summed E-state index contributed by atoms with van der Waals surface area (Å²) in [4.78, 5) is 19.4. The fraction of sp³-hybridized carbons (Fsp3) is 0.583. The van der Waals surface area contributed by atoms with Crippen LogP contribution in [0.4, 0.5) is 0 Å². The van der Waals surface area contributed by atoms with E-state index in [9.17, 15) is 13.2 Å². The number of amides is 1. The number of nitrogens with zero attached hydrogens (tertiary/aromatic N) is 4. The molecule has 1 aromatic carbocycles. The number of nitrogens with one attached hydrogen (secondary N) is 1. The van der Waals surface area contributed by atoms with E-state index in [4.69, 9.17) is 4.74 Å². The smallest absolute Gasteiger partial charge is 0.262 e. The first-order chi connectivity index (χ1) is 16.3. The molecular weight excluding hydrogens is 454 g/mol. The van der Waals surface area contributed by atoms with E-state index in [2.05, 4.69) is 27.3 Å². The maximum atomic E-state index is 12.9. The van der Waals surface area contributed by atoms with Crippen molar-refractivity contribution in [3.8, 4) is 5.75 Å². The van der Waals surface area contributed by atoms with Crippen LogP contribution in [0.1, 0.15) is 37.1 Å². The van der Waals surface area contributed by atoms with Crippen LogP contribution in [0, 0.1) is 12.8 Å². The molecule has 2 aromatic rings. The first kappa shape index (κ1) is 24.7. The van der Waals surface area contributed by atoms with Crippen molar-refractivity contribution in [3.63, 3.8) is 0 Å². The van der Waals surface area contributed by atoms with Crippen LogP contribution in [-0.4, -0.2) is 72.4 Å². The summed E-state index contributed by atoms with van der Waals surface area (Å²) in [6.45, 7) is 5.20. The molecule has 0 radical (unpaired) electrons. The van der Waals surface area contributed by atoms with E-state index in [1.54, 1.807) is 31.8 Å². The third kappa shape index (κ3) is 5.61. The SMILES string of the molecule is COc1cccc(CN2CCC(NC(=O)C3CCN(S(=O)(=O)c4cn(C)c(C)n4)CC3)CC2)c1. The van der Waals surface area contributed by atoms with Crippen LogP contribution in [0.15, 0.2) is 35.5 Å². The number of hydrogen-bond acceptors (Lipinski definition) is 6. The molecule has 0 spiro atoms. The zero-order chi connectivity index (χ0) is 24.3. The second-order valence-corrected chi connectivity index (χ2v) is 11.2. The number of ether oxygens (including phenoxy) is 1. The minimum Gasteiger partial charge on any atom is -0.497 e. The van der Waals surface area contributed by atoms with E-state index in [0.717, 1.165) is 38.2 Å². The minimum atomic E-state index is -3.62. The summed E-state index contributed by atoms with van der Waals surface area (Å²) in [5.74, 6) is 1.43. The average molecular weight is 490 g/mol. The molecule has 2 aliphatic rings. The van der Waals surface area contributed by atoms with E-state index in [1.807, 2.05) is 12.1 Å². The Hall–Kier alpha value is -2.43. The number of aromatic nitrogens is 2. The van der Waals surface area contributed by atoms with Crippen LogP contribution in [0.25, 0.3) is 0 Å². The topological polar surface area (TPSA) is 96.8 Å². The average Bonchev–Trinajstić information content (AvgIpc) is 3.19. The molecule has 1 N–H and O–H groups in total. The molecule has 0 bridgehead atoms. The van der Waals surface area contributed by atoms with Gasteiger partial charge in [0.05, 0.1) is 7.11 Å². The molecule has 0 saturated carbocycles. The molecule has 4 rings (SSSR count). The lowest BCUT2D eigenvalue weighted by atomic mass is 9.95. The van der Waals surface area contributed by atoms with Gasteiger partial charge in [0.25, 0.3) is 10.0 Å². The molecule has 34 heavy (non-hydrogen) atoms. The lowest BCUT2D eigenvalue weighted by molar-refractivity contribution is -0.127. The van der Waals surface area contributed by atoms with Gasteiger partial charge in [-0.2, -0.15) is 4.31 Å². The number of hydrogen-bond donors (Lipinski definition) is 1. The summed E-state index contributed by atoms with van der Waals surface area (Å²) in [6.07, 6.45) is 4.45. The van der Waals surface area contributed by atoms with E-state index in [1.165, 1.54) is 9.87 Å². The van der Waals surface area contributed by atoms with Crippen molar-refractivity contribution in [1.29, 1.82) is 0 Å². The van der Waals surface area contributed by atoms with E-state index in [-0.39, 0.29) is 22.9 Å². The Balaban J connectivity index is 1.22. The van der Waals surface area contributed by atoms with Gasteiger partial charge in [-0.05, 0) is 50.3 Å². The Morgan fingerprint density at radius 2 is 1.85 bits per heavy atom. The molecular formula is C24H35N5O4S. The number of carbonyl (C=O) groups excluding carboxylic acids is 1. The Morgan fingerprint density at radius 1 is 1.15 bits per heavy atom. The monoisotopic (exact) mass is 489 g/mol. The Morgan fingerprint density at radius 3 is 2.47 bits per heavy atom. The molecule has 1 amide bonds. The predicted octanol–water partition coefficient (Wildman–Crippen LogP) is 1.92. The highest BCUT2D eigenvalue weighted by Gasteiger charge is 2.34. The predicted molar refractivity (Wildman–Crippen MR) is 129 cm³/mol. The van der Waals surface area contributed by atoms with Gasteiger partial charge in [-0.3, -0.25) is 9.69 Å². The molecule has 9 nitrogen and oxygen atoms in total. The summed E-state index contributed by atoms with van der Waals surface area (Å²) in [5.41, 5.74) is 1.23. The van der Waals surface area contributed by atoms with Crippen molar-refractivity contribution < 1.29 is 17.9 Å². The fourth-order valence-electron chi connectivity index (χ4n) is 4.72. The standard InChI is InChI=1S/C24H35N5O4S/c1-18-25-23(17-27(18)2)34(31,32)29-13-7-20(8-14-29)24(30)26-21-9-11-28(12-10-21)16-19-5-4-6-22(15-19)33-3/h4-6,15,17,20-21H,7-14,16H2,1-3H3,(H,26,30). The number of imidazole rings is 1. The van der Waals surface area contributed by atoms with E-state index < -0.39 is 10.0 Å². The summed E-state index contributed by atoms with van der Waals surface area (Å²) in [5, 5.41) is 3.30. The van der Waals surface area contributed by atoms with Crippen molar-refractivity contribution in [2.75, 3.05) is 33.3 Å². The molecule has 2 saturated heterocycles. The number of aryl methyl sites for hydroxylation is 2. The zero-order valence-electron chi connectivity index (χ0n) is 20.2. The molecule has 0 atom stereocenters. The maximum absolute atomic E-state index is 12.9. The lowest BCUT2D eigenvalue weighted by Gasteiger charge is -2.34. The van der Waals surface area contributed by atoms with E-state index in [0.29, 0.717) is 31.8 Å². The van der Waals surface area contributed by atoms with Gasteiger partial charge < -0.3 is 14.6 Å². The van der Waals surface area contributed by atoms with Crippen LogP contribution >= 0.6 is 0 Å². The highest BCUT2D eigenvalue weighted by atomic mass is 32.2. The quantitative estimate of drug-likeness (QED) is 0.638. The van der Waals surface area contributed by atoms with Crippen molar-refractivity contribution in [2.24, 2.45) is 13.0 Å². The van der Waals surface area contributed by atoms with Gasteiger partial charge in [-0.25, -0.2) is 13.4 Å². The molecule has 0 aliphatic carbocycles. The first-order valence-electron chi connectivity index (χ1n) is 11.9. The molecule has 186 valence electrons. The maximum Gasteiger partial charge on any atom is 0.262 e. The number of benzene rings is 1. The lowest BCUT2D eigenvalue weighted by Crippen LogP contribution is -2.48. The Labute approximate surface area is 202 Å². The molecule has 0 unspecified atom stereocenters. The minimum absolute atomic E-state index is 0.0528. The van der Waals surface area contributed by atoms with E-state index >= 15 is 0 Å². The van der Waals surface area contributed by atoms with Gasteiger partial charge >= 0.3 is 0 Å². The number of sulfonamides is 1. The number of carbonyl (C=O) groups is 1. The molecule has 1 aromatic heterocycles. The van der Waals surface area contributed by atoms with Gasteiger partial charge in [-0.1, -0.05) is 12.1 Å². The second-order valence-electron chi connectivity index (χ2n) is 9.33. The van der Waals surface area contributed by atoms with Crippen LogP contribution in [-0.2, 0) is 28.4 Å². The number of piperidine rings is 2. The third-order valence-electron chi connectivity index (χ3n) is 6.99. The third-order valence-corrected chi connectivity index (χ3v) is 8.76. The van der Waals surface area contributed by atoms with Crippen LogP contribution in [0.5, 0.6) is 5.75 Å². The number of rotatable bonds is 7. The Kier molecular flexibility index (Phi) is 7.59. The van der Waals surface area contributed by atoms with Crippen molar-refractivity contribution >= 4 is 15.9 Å². The van der Waals surface area contributed by atoms with Crippen LogP contribution < -0.4 is 10.1 Å². The fourth-order valence-corrected chi connectivity index (χ4v) is 6.22. The summed E-state index contributed by atoms with van der Waals surface area (Å²) in [6, 6.07) is 8.31. The molecule has 3 heterocycles. The highest BCUT2D eigenvalue weighted by Crippen LogP contribution is 2.24. The van der Waals surface area contributed by atoms with Crippen molar-refractivity contribution in [1.82, 2.24) is 24.1 Å². The van der Waals surface area contributed by atoms with Gasteiger partial charge in [0, 0.05) is 57.9 Å². The molecule has 10 heteroatoms. The molecule has 2 aliphatic heterocycles. The summed E-state index contributed by atoms with van der Waals surface area (Å²) < 4.78 is 34.2. The van der Waals surface area contributed by atoms with Gasteiger partial charge in [-0.15, -0.1) is 0 Å². The Bertz CT molecular complexity index is 1080. The molecule has 2 fully saturated rings. The van der Waals surface area contributed by atoms with Gasteiger partial charge in [0.15, 0.2) is 5.03 Å². The normalized spacial score (nSPS) is 19.3. The second kappa shape index (κ2) is 10.5. The largest absolute Gasteiger partial charge is 0.497 e. The number of methoxy groups -OCH3 is 1. The summed E-state index contributed by atoms with van der Waals surface area (Å²) >= 11 is 0. The van der Waals surface area contributed by atoms with Crippen molar-refractivity contribution in [2.45, 2.75) is 50.2 Å². The van der Waals surface area contributed by atoms with Gasteiger partial charge in [0.1, 0.15) is 11.6 Å². The number of likely N-dealkylation sites (tertiary alicyclic amines) is 1. The zero-order valence-corrected chi connectivity index (χ0v) is 21.1. The summed E-state index contributed by atoms with van der Waals surface area (Å²) in [7, 11) is -0.163. The highest BCUT2D eigenvalue weighted by molar-refractivity contribution is 7.89.